The summed E-state index contributed by atoms with van der Waals surface area (Å²) >= 11 is 6.19. The minimum atomic E-state index is -0.349. The summed E-state index contributed by atoms with van der Waals surface area (Å²) in [5.74, 6) is 0.663. The van der Waals surface area contributed by atoms with Crippen LogP contribution in [-0.2, 0) is 26.6 Å². The van der Waals surface area contributed by atoms with Gasteiger partial charge in [0.2, 0.25) is 5.95 Å². The topological polar surface area (TPSA) is 65.1 Å². The zero-order valence-corrected chi connectivity index (χ0v) is 17.9. The first kappa shape index (κ1) is 19.6. The van der Waals surface area contributed by atoms with Gasteiger partial charge in [0.05, 0.1) is 0 Å². The summed E-state index contributed by atoms with van der Waals surface area (Å²) in [5, 5.41) is 0.640. The normalized spacial score (nSPS) is 13.5. The number of rotatable bonds is 4. The molecule has 0 spiro atoms. The quantitative estimate of drug-likeness (QED) is 0.493. The lowest BCUT2D eigenvalue weighted by atomic mass is 10.1. The van der Waals surface area contributed by atoms with Crippen LogP contribution in [0.2, 0.25) is 5.02 Å². The molecule has 0 fully saturated rings. The van der Waals surface area contributed by atoms with Gasteiger partial charge in [-0.05, 0) is 36.6 Å². The van der Waals surface area contributed by atoms with Gasteiger partial charge in [0.25, 0.3) is 5.56 Å². The smallest absolute Gasteiger partial charge is 0.312 e. The number of benzene rings is 2. The molecule has 0 atom stereocenters. The van der Waals surface area contributed by atoms with Crippen LogP contribution in [0.25, 0.3) is 11.2 Å². The maximum absolute atomic E-state index is 13.4. The molecule has 0 aliphatic carbocycles. The third-order valence-corrected chi connectivity index (χ3v) is 6.04. The van der Waals surface area contributed by atoms with Crippen LogP contribution in [0.5, 0.6) is 0 Å². The summed E-state index contributed by atoms with van der Waals surface area (Å²) in [6.45, 7) is 1.76. The van der Waals surface area contributed by atoms with E-state index in [0.29, 0.717) is 41.6 Å². The lowest BCUT2D eigenvalue weighted by Gasteiger charge is -2.29. The van der Waals surface area contributed by atoms with Gasteiger partial charge in [0, 0.05) is 37.4 Å². The highest BCUT2D eigenvalue weighted by Crippen LogP contribution is 2.32. The second-order valence-corrected chi connectivity index (χ2v) is 8.19. The minimum Gasteiger partial charge on any atom is -0.312 e. The van der Waals surface area contributed by atoms with Crippen molar-refractivity contribution >= 4 is 34.4 Å². The van der Waals surface area contributed by atoms with Crippen LogP contribution in [0, 0.1) is 0 Å². The average molecular weight is 436 g/mol. The van der Waals surface area contributed by atoms with E-state index in [0.717, 1.165) is 24.2 Å². The summed E-state index contributed by atoms with van der Waals surface area (Å²) in [4.78, 5) is 33.1. The molecular weight excluding hydrogens is 414 g/mol. The van der Waals surface area contributed by atoms with Crippen molar-refractivity contribution in [3.63, 3.8) is 0 Å². The van der Waals surface area contributed by atoms with Crippen LogP contribution in [0.3, 0.4) is 0 Å². The van der Waals surface area contributed by atoms with Crippen LogP contribution in [0.15, 0.2) is 64.2 Å². The van der Waals surface area contributed by atoms with Crippen LogP contribution in [0.4, 0.5) is 11.6 Å². The minimum absolute atomic E-state index is 0.291. The van der Waals surface area contributed by atoms with Crippen molar-refractivity contribution in [3.8, 4) is 0 Å². The standard InChI is InChI=1S/C23H22ClN5O2/c1-26-20-19(21(30)29(23(26)31)14-11-16-7-3-2-4-8-16)28-13-6-12-27(22(28)25-20)18-10-5-9-17(24)15-18/h2-5,7-10,15H,6,11-14H2,1H3. The molecule has 158 valence electrons. The molecule has 7 nitrogen and oxygen atoms in total. The van der Waals surface area contributed by atoms with E-state index in [9.17, 15) is 9.59 Å². The van der Waals surface area contributed by atoms with E-state index in [1.54, 1.807) is 7.05 Å². The molecule has 1 aliphatic rings. The Kier molecular flexibility index (Phi) is 4.90. The van der Waals surface area contributed by atoms with Crippen molar-refractivity contribution < 1.29 is 0 Å². The van der Waals surface area contributed by atoms with E-state index >= 15 is 0 Å². The van der Waals surface area contributed by atoms with Crippen molar-refractivity contribution in [2.75, 3.05) is 11.4 Å². The van der Waals surface area contributed by atoms with Gasteiger partial charge < -0.3 is 9.47 Å². The Balaban J connectivity index is 1.64. The van der Waals surface area contributed by atoms with Crippen LogP contribution in [-0.4, -0.2) is 25.2 Å². The molecule has 5 rings (SSSR count). The number of hydrogen-bond donors (Lipinski definition) is 0. The van der Waals surface area contributed by atoms with E-state index < -0.39 is 0 Å². The van der Waals surface area contributed by atoms with Crippen molar-refractivity contribution in [1.82, 2.24) is 18.7 Å². The summed E-state index contributed by atoms with van der Waals surface area (Å²) in [5.41, 5.74) is 2.24. The van der Waals surface area contributed by atoms with E-state index in [1.165, 1.54) is 9.13 Å². The molecule has 0 unspecified atom stereocenters. The molecule has 1 aliphatic heterocycles. The second-order valence-electron chi connectivity index (χ2n) is 7.75. The predicted molar refractivity (Wildman–Crippen MR) is 122 cm³/mol. The summed E-state index contributed by atoms with van der Waals surface area (Å²) < 4.78 is 4.73. The van der Waals surface area contributed by atoms with Crippen LogP contribution in [0.1, 0.15) is 12.0 Å². The molecule has 2 aromatic heterocycles. The molecule has 0 saturated carbocycles. The van der Waals surface area contributed by atoms with Gasteiger partial charge >= 0.3 is 5.69 Å². The summed E-state index contributed by atoms with van der Waals surface area (Å²) in [7, 11) is 1.67. The van der Waals surface area contributed by atoms with Crippen molar-refractivity contribution in [2.45, 2.75) is 25.9 Å². The van der Waals surface area contributed by atoms with Crippen molar-refractivity contribution in [1.29, 1.82) is 0 Å². The second kappa shape index (κ2) is 7.74. The van der Waals surface area contributed by atoms with Gasteiger partial charge in [-0.2, -0.15) is 4.98 Å². The highest BCUT2D eigenvalue weighted by Gasteiger charge is 2.27. The monoisotopic (exact) mass is 435 g/mol. The summed E-state index contributed by atoms with van der Waals surface area (Å²) in [6.07, 6.45) is 1.47. The van der Waals surface area contributed by atoms with Crippen LogP contribution < -0.4 is 16.1 Å². The third-order valence-electron chi connectivity index (χ3n) is 5.80. The number of nitrogens with zero attached hydrogens (tertiary/aromatic N) is 5. The Bertz CT molecular complexity index is 1390. The first-order valence-corrected chi connectivity index (χ1v) is 10.7. The number of aryl methyl sites for hydroxylation is 3. The Morgan fingerprint density at radius 2 is 1.84 bits per heavy atom. The fraction of sp³-hybridized carbons (Fsp3) is 0.261. The molecular formula is C23H22ClN5O2. The van der Waals surface area contributed by atoms with Gasteiger partial charge in [-0.15, -0.1) is 0 Å². The number of halogens is 1. The Morgan fingerprint density at radius 3 is 2.61 bits per heavy atom. The Hall–Kier alpha value is -3.32. The van der Waals surface area contributed by atoms with E-state index in [2.05, 4.69) is 0 Å². The fourth-order valence-electron chi connectivity index (χ4n) is 4.24. The molecule has 0 bridgehead atoms. The molecule has 2 aromatic carbocycles. The maximum Gasteiger partial charge on any atom is 0.332 e. The lowest BCUT2D eigenvalue weighted by molar-refractivity contribution is 0.585. The molecule has 0 radical (unpaired) electrons. The van der Waals surface area contributed by atoms with E-state index in [4.69, 9.17) is 16.6 Å². The molecule has 4 aromatic rings. The first-order chi connectivity index (χ1) is 15.0. The number of fused-ring (bicyclic) bond motifs is 3. The number of aromatic nitrogens is 4. The molecule has 0 amide bonds. The number of hydrogen-bond acceptors (Lipinski definition) is 4. The lowest BCUT2D eigenvalue weighted by Crippen LogP contribution is -2.40. The van der Waals surface area contributed by atoms with Gasteiger partial charge in [-0.25, -0.2) is 4.79 Å². The zero-order valence-electron chi connectivity index (χ0n) is 17.2. The predicted octanol–water partition coefficient (Wildman–Crippen LogP) is 3.33. The van der Waals surface area contributed by atoms with E-state index in [-0.39, 0.29) is 11.2 Å². The highest BCUT2D eigenvalue weighted by atomic mass is 35.5. The highest BCUT2D eigenvalue weighted by molar-refractivity contribution is 6.30. The third kappa shape index (κ3) is 3.35. The van der Waals surface area contributed by atoms with Gasteiger partial charge in [-0.3, -0.25) is 13.9 Å². The van der Waals surface area contributed by atoms with Crippen molar-refractivity contribution in [3.05, 3.63) is 86.0 Å². The van der Waals surface area contributed by atoms with Gasteiger partial charge in [0.15, 0.2) is 11.2 Å². The van der Waals surface area contributed by atoms with Crippen molar-refractivity contribution in [2.24, 2.45) is 7.05 Å². The number of imidazole rings is 1. The molecule has 8 heteroatoms. The fourth-order valence-corrected chi connectivity index (χ4v) is 4.42. The average Bonchev–Trinajstić information content (AvgIpc) is 3.18. The molecule has 0 N–H and O–H groups in total. The van der Waals surface area contributed by atoms with Gasteiger partial charge in [0.1, 0.15) is 0 Å². The Labute approximate surface area is 183 Å². The maximum atomic E-state index is 13.4. The largest absolute Gasteiger partial charge is 0.332 e. The number of anilines is 2. The van der Waals surface area contributed by atoms with Gasteiger partial charge in [-0.1, -0.05) is 48.0 Å². The van der Waals surface area contributed by atoms with Crippen LogP contribution >= 0.6 is 11.6 Å². The van der Waals surface area contributed by atoms with E-state index in [1.807, 2.05) is 64.1 Å². The molecule has 31 heavy (non-hydrogen) atoms. The summed E-state index contributed by atoms with van der Waals surface area (Å²) in [6, 6.07) is 17.4. The zero-order chi connectivity index (χ0) is 21.5. The Morgan fingerprint density at radius 1 is 1.03 bits per heavy atom. The first-order valence-electron chi connectivity index (χ1n) is 10.3. The SMILES string of the molecule is Cn1c(=O)n(CCc2ccccc2)c(=O)c2c1nc1n2CCCN1c1cccc(Cl)c1. The molecule has 3 heterocycles. The molecule has 0 saturated heterocycles.